The Kier molecular flexibility index (Phi) is 14.3. The van der Waals surface area contributed by atoms with Gasteiger partial charge in [0, 0.05) is 17.5 Å². The summed E-state index contributed by atoms with van der Waals surface area (Å²) in [6, 6.07) is 0. The van der Waals surface area contributed by atoms with Gasteiger partial charge in [-0.2, -0.15) is 0 Å². The van der Waals surface area contributed by atoms with Crippen molar-refractivity contribution in [1.29, 1.82) is 0 Å². The van der Waals surface area contributed by atoms with Crippen molar-refractivity contribution in [3.63, 3.8) is 0 Å². The van der Waals surface area contributed by atoms with Gasteiger partial charge in [-0.25, -0.2) is 4.89 Å². The van der Waals surface area contributed by atoms with Gasteiger partial charge in [0.25, 0.3) is 0 Å². The topological polar surface area (TPSA) is 36.9 Å². The highest BCUT2D eigenvalue weighted by atomic mass is 127. The number of halogens is 1. The molecule has 6 heteroatoms. The van der Waals surface area contributed by atoms with E-state index in [2.05, 4.69) is 63.4 Å². The van der Waals surface area contributed by atoms with E-state index < -0.39 is 8.32 Å². The Morgan fingerprint density at radius 2 is 1.64 bits per heavy atom. The quantitative estimate of drug-likeness (QED) is 0.0503. The summed E-state index contributed by atoms with van der Waals surface area (Å²) in [6.07, 6.45) is 8.21. The van der Waals surface area contributed by atoms with Gasteiger partial charge in [-0.3, -0.25) is 4.58 Å². The largest absolute Gasteiger partial charge is 0.382 e. The summed E-state index contributed by atoms with van der Waals surface area (Å²) in [6.45, 7) is 14.4. The van der Waals surface area contributed by atoms with Crippen LogP contribution in [0.25, 0.3) is 0 Å². The second kappa shape index (κ2) is 13.9. The van der Waals surface area contributed by atoms with Crippen LogP contribution in [0.3, 0.4) is 0 Å². The van der Waals surface area contributed by atoms with Crippen LogP contribution in [0.4, 0.5) is 0 Å². The van der Waals surface area contributed by atoms with E-state index in [4.69, 9.17) is 18.9 Å². The van der Waals surface area contributed by atoms with Gasteiger partial charge in [-0.05, 0) is 31.0 Å². The van der Waals surface area contributed by atoms with Crippen molar-refractivity contribution < 1.29 is 18.9 Å². The summed E-state index contributed by atoms with van der Waals surface area (Å²) in [5.41, 5.74) is 0. The predicted molar refractivity (Wildman–Crippen MR) is 117 cm³/mol. The normalized spacial score (nSPS) is 15.4. The van der Waals surface area contributed by atoms with Crippen molar-refractivity contribution in [1.82, 2.24) is 0 Å². The summed E-state index contributed by atoms with van der Waals surface area (Å²) < 4.78 is 17.5. The monoisotopic (exact) mass is 488 g/mol. The highest BCUT2D eigenvalue weighted by Crippen LogP contribution is 2.37. The predicted octanol–water partition coefficient (Wildman–Crippen LogP) is 6.48. The molecule has 4 nitrogen and oxygen atoms in total. The number of methoxy groups -OCH3 is 1. The van der Waals surface area contributed by atoms with Crippen molar-refractivity contribution in [2.24, 2.45) is 0 Å². The molecule has 0 saturated heterocycles. The summed E-state index contributed by atoms with van der Waals surface area (Å²) in [5.74, 6) is 0. The van der Waals surface area contributed by atoms with Gasteiger partial charge in [0.15, 0.2) is 6.29 Å². The molecule has 0 aliphatic rings. The molecule has 25 heavy (non-hydrogen) atoms. The Labute approximate surface area is 170 Å². The van der Waals surface area contributed by atoms with Gasteiger partial charge < -0.3 is 9.47 Å². The summed E-state index contributed by atoms with van der Waals surface area (Å²) in [5, 5.41) is 0.120. The lowest BCUT2D eigenvalue weighted by Gasteiger charge is -2.35. The molecule has 0 aromatic carbocycles. The molecule has 0 spiro atoms. The standard InChI is InChI=1S/C19H41IO4Si/c1-8-9-10-11-12-17(20)13-14-18(22-16-15-21-5)23-24-25(6,7)19(2,3)4/h17-18H,8-16H2,1-7H3. The molecular formula is C19H41IO4Si. The summed E-state index contributed by atoms with van der Waals surface area (Å²) in [7, 11) is -0.254. The van der Waals surface area contributed by atoms with E-state index in [1.165, 1.54) is 32.1 Å². The van der Waals surface area contributed by atoms with Crippen LogP contribution in [0.2, 0.25) is 18.1 Å². The molecule has 0 aromatic heterocycles. The number of rotatable bonds is 15. The minimum Gasteiger partial charge on any atom is -0.382 e. The Morgan fingerprint density at radius 1 is 0.960 bits per heavy atom. The van der Waals surface area contributed by atoms with Crippen molar-refractivity contribution in [2.45, 2.75) is 101 Å². The molecule has 0 radical (unpaired) electrons. The molecule has 0 aliphatic heterocycles. The first-order chi connectivity index (χ1) is 11.6. The maximum Gasteiger partial charge on any atom is 0.238 e. The molecule has 0 rings (SSSR count). The lowest BCUT2D eigenvalue weighted by molar-refractivity contribution is -0.331. The van der Waals surface area contributed by atoms with E-state index in [1.807, 2.05) is 0 Å². The van der Waals surface area contributed by atoms with Crippen molar-refractivity contribution >= 4 is 30.9 Å². The zero-order valence-corrected chi connectivity index (χ0v) is 20.7. The molecule has 152 valence electrons. The second-order valence-corrected chi connectivity index (χ2v) is 14.7. The minimum absolute atomic E-state index is 0.120. The molecule has 0 amide bonds. The molecule has 0 saturated carbocycles. The number of unbranched alkanes of at least 4 members (excludes halogenated alkanes) is 3. The molecule has 0 aliphatic carbocycles. The molecule has 0 aromatic rings. The van der Waals surface area contributed by atoms with E-state index in [0.29, 0.717) is 17.1 Å². The third-order valence-electron chi connectivity index (χ3n) is 4.85. The highest BCUT2D eigenvalue weighted by molar-refractivity contribution is 14.1. The Bertz CT molecular complexity index is 321. The van der Waals surface area contributed by atoms with Crippen LogP contribution in [0, 0.1) is 0 Å². The Balaban J connectivity index is 4.33. The van der Waals surface area contributed by atoms with Crippen molar-refractivity contribution in [3.8, 4) is 0 Å². The fourth-order valence-electron chi connectivity index (χ4n) is 1.97. The maximum atomic E-state index is 5.90. The van der Waals surface area contributed by atoms with E-state index >= 15 is 0 Å². The molecule has 0 fully saturated rings. The van der Waals surface area contributed by atoms with Crippen LogP contribution in [0.5, 0.6) is 0 Å². The smallest absolute Gasteiger partial charge is 0.238 e. The molecule has 0 N–H and O–H groups in total. The van der Waals surface area contributed by atoms with E-state index in [1.54, 1.807) is 7.11 Å². The fraction of sp³-hybridized carbons (Fsp3) is 1.00. The first kappa shape index (κ1) is 25.8. The zero-order valence-electron chi connectivity index (χ0n) is 17.5. The van der Waals surface area contributed by atoms with Gasteiger partial charge in [0.2, 0.25) is 8.32 Å². The fourth-order valence-corrected chi connectivity index (χ4v) is 3.37. The third-order valence-corrected chi connectivity index (χ3v) is 10.2. The van der Waals surface area contributed by atoms with Crippen molar-refractivity contribution in [3.05, 3.63) is 0 Å². The van der Waals surface area contributed by atoms with Crippen LogP contribution in [0.15, 0.2) is 0 Å². The lowest BCUT2D eigenvalue weighted by atomic mass is 10.1. The summed E-state index contributed by atoms with van der Waals surface area (Å²) >= 11 is 2.56. The first-order valence-corrected chi connectivity index (χ1v) is 13.9. The Morgan fingerprint density at radius 3 is 2.20 bits per heavy atom. The number of alkyl halides is 1. The van der Waals surface area contributed by atoms with Crippen LogP contribution < -0.4 is 0 Å². The molecule has 2 atom stereocenters. The van der Waals surface area contributed by atoms with Crippen LogP contribution in [0.1, 0.15) is 72.6 Å². The van der Waals surface area contributed by atoms with E-state index in [0.717, 1.165) is 12.8 Å². The Hall–Kier alpha value is 0.787. The van der Waals surface area contributed by atoms with Crippen LogP contribution in [-0.2, 0) is 18.9 Å². The van der Waals surface area contributed by atoms with E-state index in [9.17, 15) is 0 Å². The van der Waals surface area contributed by atoms with Crippen LogP contribution in [-0.4, -0.2) is 38.9 Å². The average Bonchev–Trinajstić information content (AvgIpc) is 2.52. The van der Waals surface area contributed by atoms with Gasteiger partial charge in [-0.1, -0.05) is 76.0 Å². The van der Waals surface area contributed by atoms with Gasteiger partial charge in [0.05, 0.1) is 13.2 Å². The zero-order chi connectivity index (χ0) is 19.3. The summed E-state index contributed by atoms with van der Waals surface area (Å²) in [4.78, 5) is 5.75. The first-order valence-electron chi connectivity index (χ1n) is 9.73. The van der Waals surface area contributed by atoms with Crippen molar-refractivity contribution in [2.75, 3.05) is 20.3 Å². The average molecular weight is 489 g/mol. The maximum absolute atomic E-state index is 5.90. The van der Waals surface area contributed by atoms with Gasteiger partial charge >= 0.3 is 0 Å². The molecule has 0 bridgehead atoms. The molecule has 0 heterocycles. The number of ether oxygens (including phenoxy) is 2. The number of hydrogen-bond acceptors (Lipinski definition) is 4. The second-order valence-electron chi connectivity index (χ2n) is 8.26. The molecule has 2 unspecified atom stereocenters. The molecular weight excluding hydrogens is 447 g/mol. The third kappa shape index (κ3) is 12.7. The van der Waals surface area contributed by atoms with E-state index in [-0.39, 0.29) is 11.3 Å². The lowest BCUT2D eigenvalue weighted by Crippen LogP contribution is -2.42. The minimum atomic E-state index is -1.94. The van der Waals surface area contributed by atoms with Gasteiger partial charge in [-0.15, -0.1) is 0 Å². The van der Waals surface area contributed by atoms with Gasteiger partial charge in [0.1, 0.15) is 0 Å². The SMILES string of the molecule is CCCCCCC(I)CCC(OCCOC)OO[Si](C)(C)C(C)(C)C. The number of hydrogen-bond donors (Lipinski definition) is 0. The van der Waals surface area contributed by atoms with Crippen LogP contribution >= 0.6 is 22.6 Å². The highest BCUT2D eigenvalue weighted by Gasteiger charge is 2.39.